The molecule has 1 aromatic carbocycles. The third kappa shape index (κ3) is 6.38. The van der Waals surface area contributed by atoms with Crippen LogP contribution in [0, 0.1) is 0 Å². The number of carbonyl (C=O) groups is 1. The molecule has 0 radical (unpaired) electrons. The van der Waals surface area contributed by atoms with E-state index in [1.54, 1.807) is 7.05 Å². The first-order valence-corrected chi connectivity index (χ1v) is 9.13. The van der Waals surface area contributed by atoms with E-state index >= 15 is 0 Å². The van der Waals surface area contributed by atoms with Gasteiger partial charge in [0.15, 0.2) is 6.29 Å². The van der Waals surface area contributed by atoms with Crippen molar-refractivity contribution >= 4 is 12.1 Å². The fraction of sp³-hybridized carbons (Fsp3) is 0.217. The monoisotopic (exact) mass is 374 g/mol. The molecule has 2 aromatic rings. The molecule has 0 fully saturated rings. The molecule has 1 N–H and O–H groups in total. The molecule has 0 unspecified atom stereocenters. The van der Waals surface area contributed by atoms with Crippen LogP contribution in [0.5, 0.6) is 0 Å². The van der Waals surface area contributed by atoms with E-state index in [-0.39, 0.29) is 0 Å². The summed E-state index contributed by atoms with van der Waals surface area (Å²) in [5.74, 6) is 0.761. The summed E-state index contributed by atoms with van der Waals surface area (Å²) in [5.41, 5.74) is 6.48. The average molecular weight is 374 g/mol. The Morgan fingerprint density at radius 3 is 2.64 bits per heavy atom. The van der Waals surface area contributed by atoms with Gasteiger partial charge in [-0.2, -0.15) is 0 Å². The molecule has 1 heterocycles. The molecule has 5 nitrogen and oxygen atoms in total. The predicted octanol–water partition coefficient (Wildman–Crippen LogP) is 3.15. The van der Waals surface area contributed by atoms with Crippen LogP contribution in [0.4, 0.5) is 0 Å². The van der Waals surface area contributed by atoms with Crippen LogP contribution < -0.4 is 5.32 Å². The summed E-state index contributed by atoms with van der Waals surface area (Å²) >= 11 is 0. The molecule has 2 rings (SSSR count). The van der Waals surface area contributed by atoms with Crippen molar-refractivity contribution in [1.29, 1.82) is 0 Å². The van der Waals surface area contributed by atoms with Gasteiger partial charge >= 0.3 is 0 Å². The van der Waals surface area contributed by atoms with Crippen molar-refractivity contribution in [3.8, 4) is 0 Å². The number of aryl methyl sites for hydroxylation is 2. The van der Waals surface area contributed by atoms with Gasteiger partial charge in [0.2, 0.25) is 0 Å². The summed E-state index contributed by atoms with van der Waals surface area (Å²) in [4.78, 5) is 21.9. The highest BCUT2D eigenvalue weighted by Gasteiger charge is 2.09. The number of nitrogens with zero attached hydrogens (tertiary/aromatic N) is 3. The molecule has 0 saturated carbocycles. The van der Waals surface area contributed by atoms with Crippen LogP contribution in [0.2, 0.25) is 0 Å². The third-order valence-corrected chi connectivity index (χ3v) is 4.22. The van der Waals surface area contributed by atoms with Gasteiger partial charge in [-0.05, 0) is 36.6 Å². The third-order valence-electron chi connectivity index (χ3n) is 4.22. The lowest BCUT2D eigenvalue weighted by Gasteiger charge is -2.19. The van der Waals surface area contributed by atoms with E-state index < -0.39 is 0 Å². The van der Waals surface area contributed by atoms with Crippen LogP contribution in [-0.4, -0.2) is 42.6 Å². The van der Waals surface area contributed by atoms with Crippen molar-refractivity contribution in [2.45, 2.75) is 12.8 Å². The summed E-state index contributed by atoms with van der Waals surface area (Å²) in [6, 6.07) is 14.3. The predicted molar refractivity (Wildman–Crippen MR) is 114 cm³/mol. The zero-order valence-corrected chi connectivity index (χ0v) is 16.4. The Hall–Kier alpha value is -3.43. The molecule has 0 aliphatic carbocycles. The van der Waals surface area contributed by atoms with E-state index in [4.69, 9.17) is 0 Å². The molecule has 144 valence electrons. The van der Waals surface area contributed by atoms with Gasteiger partial charge in [-0.3, -0.25) is 9.78 Å². The summed E-state index contributed by atoms with van der Waals surface area (Å²) in [6.45, 7) is 4.22. The van der Waals surface area contributed by atoms with Crippen molar-refractivity contribution < 1.29 is 4.79 Å². The van der Waals surface area contributed by atoms with Crippen LogP contribution in [0.25, 0.3) is 0 Å². The number of nitrogens with one attached hydrogen (secondary N) is 1. The number of likely N-dealkylation sites (N-methyl/N-ethyl adjacent to an activating group) is 2. The zero-order chi connectivity index (χ0) is 20.2. The number of aromatic nitrogens is 1. The number of pyridine rings is 1. The second kappa shape index (κ2) is 11.3. The molecule has 0 bridgehead atoms. The highest BCUT2D eigenvalue weighted by atomic mass is 16.1. The maximum Gasteiger partial charge on any atom is 0.167 e. The summed E-state index contributed by atoms with van der Waals surface area (Å²) < 4.78 is 0. The van der Waals surface area contributed by atoms with E-state index in [0.29, 0.717) is 12.2 Å². The number of aliphatic imine (C=N–C) groups is 1. The van der Waals surface area contributed by atoms with Gasteiger partial charge in [0, 0.05) is 38.1 Å². The van der Waals surface area contributed by atoms with E-state index in [1.165, 1.54) is 11.8 Å². The first kappa shape index (κ1) is 20.9. The maximum atomic E-state index is 11.0. The number of allylic oxidation sites excluding steroid dienone is 1. The van der Waals surface area contributed by atoms with Gasteiger partial charge in [0.25, 0.3) is 0 Å². The minimum atomic E-state index is 0.414. The van der Waals surface area contributed by atoms with Gasteiger partial charge in [0.1, 0.15) is 5.84 Å². The number of aldehydes is 1. The maximum absolute atomic E-state index is 11.0. The Bertz CT molecular complexity index is 863. The number of carbonyl (C=O) groups excluding carboxylic acids is 1. The van der Waals surface area contributed by atoms with Crippen LogP contribution in [0.3, 0.4) is 0 Å². The van der Waals surface area contributed by atoms with Crippen LogP contribution in [0.1, 0.15) is 16.8 Å². The standard InChI is InChI=1S/C23H26N4O/c1-4-5-16-27(3)23(26-17-22(18-28)24-2)20-12-9-19(10-13-20)11-14-21-8-6-7-15-25-21/h5-10,12-13,15,17-18,24H,1,11,14,16H2,2-3H3/b22-17+,26-23?. The van der Waals surface area contributed by atoms with Crippen molar-refractivity contribution in [2.75, 3.05) is 20.6 Å². The Morgan fingerprint density at radius 2 is 2.04 bits per heavy atom. The molecule has 0 aliphatic heterocycles. The second-order valence-corrected chi connectivity index (χ2v) is 6.21. The van der Waals surface area contributed by atoms with Gasteiger partial charge < -0.3 is 10.2 Å². The number of rotatable bonds is 9. The molecule has 0 amide bonds. The molecular formula is C23H26N4O. The number of amidine groups is 1. The largest absolute Gasteiger partial charge is 0.384 e. The Labute approximate surface area is 166 Å². The molecule has 0 atom stereocenters. The molecule has 28 heavy (non-hydrogen) atoms. The van der Waals surface area contributed by atoms with Gasteiger partial charge in [-0.25, -0.2) is 4.99 Å². The van der Waals surface area contributed by atoms with Gasteiger partial charge in [-0.15, -0.1) is 5.73 Å². The first-order valence-electron chi connectivity index (χ1n) is 9.13. The number of hydrogen-bond donors (Lipinski definition) is 1. The Kier molecular flexibility index (Phi) is 8.44. The lowest BCUT2D eigenvalue weighted by Crippen LogP contribution is -2.27. The lowest BCUT2D eigenvalue weighted by molar-refractivity contribution is -0.105. The van der Waals surface area contributed by atoms with Crippen LogP contribution >= 0.6 is 0 Å². The molecule has 0 saturated heterocycles. The SMILES string of the molecule is C=C=CCN(C)C(=N/C=C(\C=O)NC)c1ccc(CCc2ccccn2)cc1. The molecule has 5 heteroatoms. The number of hydrogen-bond acceptors (Lipinski definition) is 4. The molecular weight excluding hydrogens is 348 g/mol. The summed E-state index contributed by atoms with van der Waals surface area (Å²) in [5, 5.41) is 2.81. The lowest BCUT2D eigenvalue weighted by atomic mass is 10.0. The smallest absolute Gasteiger partial charge is 0.167 e. The Balaban J connectivity index is 2.19. The summed E-state index contributed by atoms with van der Waals surface area (Å²) in [7, 11) is 3.63. The van der Waals surface area contributed by atoms with Crippen molar-refractivity contribution in [1.82, 2.24) is 15.2 Å². The normalized spacial score (nSPS) is 11.5. The highest BCUT2D eigenvalue weighted by Crippen LogP contribution is 2.11. The summed E-state index contributed by atoms with van der Waals surface area (Å²) in [6.07, 6.45) is 7.75. The van der Waals surface area contributed by atoms with E-state index in [9.17, 15) is 4.79 Å². The van der Waals surface area contributed by atoms with E-state index in [1.807, 2.05) is 42.4 Å². The first-order chi connectivity index (χ1) is 13.7. The minimum Gasteiger partial charge on any atom is -0.384 e. The highest BCUT2D eigenvalue weighted by molar-refractivity contribution is 5.99. The topological polar surface area (TPSA) is 57.6 Å². The van der Waals surface area contributed by atoms with Crippen molar-refractivity contribution in [3.05, 3.63) is 95.8 Å². The fourth-order valence-corrected chi connectivity index (χ4v) is 2.60. The molecule has 0 spiro atoms. The van der Waals surface area contributed by atoms with Gasteiger partial charge in [0.05, 0.1) is 11.9 Å². The van der Waals surface area contributed by atoms with Crippen LogP contribution in [0.15, 0.2) is 83.9 Å². The zero-order valence-electron chi connectivity index (χ0n) is 16.4. The Morgan fingerprint density at radius 1 is 1.25 bits per heavy atom. The minimum absolute atomic E-state index is 0.414. The molecule has 1 aromatic heterocycles. The second-order valence-electron chi connectivity index (χ2n) is 6.21. The van der Waals surface area contributed by atoms with E-state index in [0.717, 1.165) is 36.2 Å². The number of benzene rings is 1. The van der Waals surface area contributed by atoms with E-state index in [2.05, 4.69) is 51.9 Å². The van der Waals surface area contributed by atoms with Crippen molar-refractivity contribution in [2.24, 2.45) is 4.99 Å². The van der Waals surface area contributed by atoms with Crippen LogP contribution in [-0.2, 0) is 17.6 Å². The van der Waals surface area contributed by atoms with Crippen molar-refractivity contribution in [3.63, 3.8) is 0 Å². The van der Waals surface area contributed by atoms with Gasteiger partial charge in [-0.1, -0.05) is 36.9 Å². The average Bonchev–Trinajstić information content (AvgIpc) is 2.75. The quantitative estimate of drug-likeness (QED) is 0.241. The fourth-order valence-electron chi connectivity index (χ4n) is 2.60. The molecule has 0 aliphatic rings.